The van der Waals surface area contributed by atoms with Gasteiger partial charge in [-0.05, 0) is 31.9 Å². The predicted molar refractivity (Wildman–Crippen MR) is 80.1 cm³/mol. The summed E-state index contributed by atoms with van der Waals surface area (Å²) < 4.78 is 1.81. The molecule has 2 heterocycles. The predicted octanol–water partition coefficient (Wildman–Crippen LogP) is 1.29. The first kappa shape index (κ1) is 18.2. The number of aryl methyl sites for hydroxylation is 2. The van der Waals surface area contributed by atoms with Crippen molar-refractivity contribution in [2.45, 2.75) is 38.8 Å². The van der Waals surface area contributed by atoms with Crippen molar-refractivity contribution in [2.24, 2.45) is 0 Å². The molecule has 0 radical (unpaired) electrons. The molecule has 7 heteroatoms. The van der Waals surface area contributed by atoms with E-state index in [2.05, 4.69) is 15.7 Å². The van der Waals surface area contributed by atoms with Gasteiger partial charge in [-0.3, -0.25) is 9.48 Å². The number of nitrogens with zero attached hydrogens (tertiary/aromatic N) is 2. The van der Waals surface area contributed by atoms with Crippen molar-refractivity contribution in [3.8, 4) is 0 Å². The molecule has 1 aromatic rings. The summed E-state index contributed by atoms with van der Waals surface area (Å²) >= 11 is 0. The number of rotatable bonds is 4. The van der Waals surface area contributed by atoms with Crippen molar-refractivity contribution in [1.82, 2.24) is 20.4 Å². The highest BCUT2D eigenvalue weighted by molar-refractivity contribution is 5.85. The van der Waals surface area contributed by atoms with Crippen LogP contribution < -0.4 is 10.6 Å². The molecule has 19 heavy (non-hydrogen) atoms. The summed E-state index contributed by atoms with van der Waals surface area (Å²) in [5.41, 5.74) is 1.13. The topological polar surface area (TPSA) is 59.0 Å². The Morgan fingerprint density at radius 1 is 1.58 bits per heavy atom. The molecule has 0 unspecified atom stereocenters. The van der Waals surface area contributed by atoms with Gasteiger partial charge in [0, 0.05) is 31.7 Å². The second-order valence-electron chi connectivity index (χ2n) is 4.64. The first-order valence-electron chi connectivity index (χ1n) is 6.23. The number of hydrogen-bond donors (Lipinski definition) is 2. The number of piperidine rings is 1. The molecule has 110 valence electrons. The van der Waals surface area contributed by atoms with Crippen LogP contribution in [-0.4, -0.2) is 34.8 Å². The standard InChI is InChI=1S/C12H20N4O.2ClH/c1-10-7-14-16(9-10)6-4-12(17)15-11-3-2-5-13-8-11;;/h7,9,11,13H,2-6,8H2,1H3,(H,15,17);2*1H/t11-;;/m0../s1. The summed E-state index contributed by atoms with van der Waals surface area (Å²) in [6, 6.07) is 0.301. The highest BCUT2D eigenvalue weighted by Crippen LogP contribution is 2.02. The molecule has 0 bridgehead atoms. The third-order valence-corrected chi connectivity index (χ3v) is 2.99. The average molecular weight is 309 g/mol. The van der Waals surface area contributed by atoms with Gasteiger partial charge < -0.3 is 10.6 Å². The molecule has 1 aliphatic heterocycles. The number of amides is 1. The number of carbonyl (C=O) groups is 1. The molecule has 1 fully saturated rings. The molecular weight excluding hydrogens is 287 g/mol. The summed E-state index contributed by atoms with van der Waals surface area (Å²) in [5, 5.41) is 10.5. The molecular formula is C12H22Cl2N4O. The Balaban J connectivity index is 0.00000162. The zero-order valence-corrected chi connectivity index (χ0v) is 12.7. The minimum Gasteiger partial charge on any atom is -0.352 e. The number of hydrogen-bond acceptors (Lipinski definition) is 3. The molecule has 1 aliphatic rings. The normalized spacial score (nSPS) is 18.1. The number of nitrogens with one attached hydrogen (secondary N) is 2. The monoisotopic (exact) mass is 308 g/mol. The smallest absolute Gasteiger partial charge is 0.222 e. The summed E-state index contributed by atoms with van der Waals surface area (Å²) in [4.78, 5) is 11.7. The summed E-state index contributed by atoms with van der Waals surface area (Å²) in [7, 11) is 0. The molecule has 1 amide bonds. The summed E-state index contributed by atoms with van der Waals surface area (Å²) in [6.45, 7) is 4.61. The van der Waals surface area contributed by atoms with Crippen LogP contribution in [-0.2, 0) is 11.3 Å². The van der Waals surface area contributed by atoms with Crippen LogP contribution in [0.2, 0.25) is 0 Å². The Morgan fingerprint density at radius 2 is 2.37 bits per heavy atom. The van der Waals surface area contributed by atoms with Gasteiger partial charge in [0.2, 0.25) is 5.91 Å². The van der Waals surface area contributed by atoms with E-state index in [1.54, 1.807) is 0 Å². The van der Waals surface area contributed by atoms with Gasteiger partial charge in [-0.15, -0.1) is 24.8 Å². The third kappa shape index (κ3) is 6.27. The Hall–Kier alpha value is -0.780. The third-order valence-electron chi connectivity index (χ3n) is 2.99. The summed E-state index contributed by atoms with van der Waals surface area (Å²) in [5.74, 6) is 0.117. The van der Waals surface area contributed by atoms with Crippen LogP contribution in [0.1, 0.15) is 24.8 Å². The van der Waals surface area contributed by atoms with Gasteiger partial charge >= 0.3 is 0 Å². The zero-order valence-electron chi connectivity index (χ0n) is 11.1. The molecule has 0 spiro atoms. The fourth-order valence-electron chi connectivity index (χ4n) is 2.08. The van der Waals surface area contributed by atoms with Gasteiger partial charge in [-0.2, -0.15) is 5.10 Å². The fourth-order valence-corrected chi connectivity index (χ4v) is 2.08. The van der Waals surface area contributed by atoms with Crippen molar-refractivity contribution >= 4 is 30.7 Å². The van der Waals surface area contributed by atoms with E-state index in [9.17, 15) is 4.79 Å². The van der Waals surface area contributed by atoms with Crippen LogP contribution in [0.4, 0.5) is 0 Å². The van der Waals surface area contributed by atoms with E-state index in [0.29, 0.717) is 19.0 Å². The highest BCUT2D eigenvalue weighted by Gasteiger charge is 2.14. The lowest BCUT2D eigenvalue weighted by atomic mass is 10.1. The molecule has 2 N–H and O–H groups in total. The molecule has 0 aliphatic carbocycles. The second-order valence-corrected chi connectivity index (χ2v) is 4.64. The van der Waals surface area contributed by atoms with Crippen molar-refractivity contribution in [3.05, 3.63) is 18.0 Å². The lowest BCUT2D eigenvalue weighted by Gasteiger charge is -2.23. The highest BCUT2D eigenvalue weighted by atomic mass is 35.5. The first-order chi connectivity index (χ1) is 8.24. The summed E-state index contributed by atoms with van der Waals surface area (Å²) in [6.07, 6.45) is 6.49. The second kappa shape index (κ2) is 9.18. The maximum atomic E-state index is 11.7. The molecule has 2 rings (SSSR count). The van der Waals surface area contributed by atoms with Crippen molar-refractivity contribution in [2.75, 3.05) is 13.1 Å². The van der Waals surface area contributed by atoms with E-state index in [0.717, 1.165) is 31.5 Å². The van der Waals surface area contributed by atoms with Crippen LogP contribution in [0.5, 0.6) is 0 Å². The zero-order chi connectivity index (χ0) is 12.1. The van der Waals surface area contributed by atoms with E-state index in [-0.39, 0.29) is 30.7 Å². The van der Waals surface area contributed by atoms with Gasteiger partial charge in [-0.1, -0.05) is 0 Å². The van der Waals surface area contributed by atoms with Crippen LogP contribution in [0.3, 0.4) is 0 Å². The molecule has 5 nitrogen and oxygen atoms in total. The van der Waals surface area contributed by atoms with E-state index in [1.807, 2.05) is 24.0 Å². The van der Waals surface area contributed by atoms with Crippen molar-refractivity contribution in [3.63, 3.8) is 0 Å². The Bertz CT molecular complexity index is 378. The maximum absolute atomic E-state index is 11.7. The fraction of sp³-hybridized carbons (Fsp3) is 0.667. The maximum Gasteiger partial charge on any atom is 0.222 e. The van der Waals surface area contributed by atoms with E-state index in [4.69, 9.17) is 0 Å². The molecule has 1 aromatic heterocycles. The lowest BCUT2D eigenvalue weighted by molar-refractivity contribution is -0.122. The van der Waals surface area contributed by atoms with E-state index >= 15 is 0 Å². The lowest BCUT2D eigenvalue weighted by Crippen LogP contribution is -2.45. The van der Waals surface area contributed by atoms with E-state index < -0.39 is 0 Å². The van der Waals surface area contributed by atoms with Crippen LogP contribution in [0, 0.1) is 6.92 Å². The van der Waals surface area contributed by atoms with Crippen LogP contribution in [0.25, 0.3) is 0 Å². The van der Waals surface area contributed by atoms with Gasteiger partial charge in [0.05, 0.1) is 6.20 Å². The Labute approximate surface area is 126 Å². The van der Waals surface area contributed by atoms with Gasteiger partial charge in [0.1, 0.15) is 0 Å². The molecule has 0 saturated carbocycles. The molecule has 0 aromatic carbocycles. The molecule has 1 atom stereocenters. The average Bonchev–Trinajstić information content (AvgIpc) is 2.74. The van der Waals surface area contributed by atoms with Crippen LogP contribution >= 0.6 is 24.8 Å². The number of carbonyl (C=O) groups excluding carboxylic acids is 1. The van der Waals surface area contributed by atoms with Gasteiger partial charge in [-0.25, -0.2) is 0 Å². The quantitative estimate of drug-likeness (QED) is 0.881. The number of aromatic nitrogens is 2. The van der Waals surface area contributed by atoms with Crippen molar-refractivity contribution < 1.29 is 4.79 Å². The van der Waals surface area contributed by atoms with E-state index in [1.165, 1.54) is 0 Å². The Morgan fingerprint density at radius 3 is 2.95 bits per heavy atom. The van der Waals surface area contributed by atoms with Crippen molar-refractivity contribution in [1.29, 1.82) is 0 Å². The minimum absolute atomic E-state index is 0. The number of halogens is 2. The first-order valence-corrected chi connectivity index (χ1v) is 6.23. The minimum atomic E-state index is 0. The van der Waals surface area contributed by atoms with Gasteiger partial charge in [0.15, 0.2) is 0 Å². The Kier molecular flexibility index (Phi) is 8.80. The largest absolute Gasteiger partial charge is 0.352 e. The molecule has 1 saturated heterocycles. The van der Waals surface area contributed by atoms with Gasteiger partial charge in [0.25, 0.3) is 0 Å². The van der Waals surface area contributed by atoms with Crippen LogP contribution in [0.15, 0.2) is 12.4 Å². The SMILES string of the molecule is Cc1cnn(CCC(=O)N[C@H]2CCCNC2)c1.Cl.Cl.